The lowest BCUT2D eigenvalue weighted by Gasteiger charge is -2.33. The Morgan fingerprint density at radius 2 is 1.94 bits per heavy atom. The lowest BCUT2D eigenvalue weighted by atomic mass is 10.1. The Labute approximate surface area is 111 Å². The minimum atomic E-state index is 0.509. The molecule has 0 atom stereocenters. The van der Waals surface area contributed by atoms with Crippen LogP contribution in [0.25, 0.3) is 0 Å². The van der Waals surface area contributed by atoms with Crippen LogP contribution in [0.3, 0.4) is 0 Å². The fraction of sp³-hybridized carbons (Fsp3) is 0.714. The van der Waals surface area contributed by atoms with Crippen molar-refractivity contribution in [3.8, 4) is 0 Å². The maximum atomic E-state index is 5.81. The molecule has 4 nitrogen and oxygen atoms in total. The van der Waals surface area contributed by atoms with Crippen LogP contribution in [0.4, 0.5) is 5.82 Å². The second-order valence-electron chi connectivity index (χ2n) is 5.10. The lowest BCUT2D eigenvalue weighted by Crippen LogP contribution is -2.39. The average molecular weight is 250 g/mol. The molecular formula is C14H26N4. The Balaban J connectivity index is 3.07. The molecule has 0 aromatic carbocycles. The van der Waals surface area contributed by atoms with Crippen LogP contribution < -0.4 is 10.6 Å². The summed E-state index contributed by atoms with van der Waals surface area (Å²) in [6.07, 6.45) is 3.94. The molecule has 18 heavy (non-hydrogen) atoms. The van der Waals surface area contributed by atoms with Gasteiger partial charge in [-0.15, -0.1) is 5.10 Å². The van der Waals surface area contributed by atoms with E-state index < -0.39 is 0 Å². The molecule has 0 aliphatic carbocycles. The molecule has 0 bridgehead atoms. The number of anilines is 1. The van der Waals surface area contributed by atoms with Gasteiger partial charge < -0.3 is 10.6 Å². The van der Waals surface area contributed by atoms with E-state index in [0.29, 0.717) is 18.5 Å². The molecule has 0 aliphatic rings. The quantitative estimate of drug-likeness (QED) is 0.808. The van der Waals surface area contributed by atoms with E-state index in [4.69, 9.17) is 5.73 Å². The highest BCUT2D eigenvalue weighted by atomic mass is 15.3. The maximum absolute atomic E-state index is 5.81. The van der Waals surface area contributed by atoms with Crippen molar-refractivity contribution in [2.24, 2.45) is 11.7 Å². The van der Waals surface area contributed by atoms with Gasteiger partial charge in [-0.3, -0.25) is 0 Å². The minimum Gasteiger partial charge on any atom is -0.352 e. The van der Waals surface area contributed by atoms with Gasteiger partial charge in [-0.25, -0.2) is 0 Å². The standard InChI is InChI=1S/C14H26N4/c1-5-13(6-2)18(10-11(3)4)14-12(9-15)7-8-16-17-14/h7-8,11,13H,5-6,9-10,15H2,1-4H3. The Morgan fingerprint density at radius 1 is 1.28 bits per heavy atom. The van der Waals surface area contributed by atoms with Crippen molar-refractivity contribution in [2.75, 3.05) is 11.4 Å². The van der Waals surface area contributed by atoms with Crippen molar-refractivity contribution in [3.05, 3.63) is 17.8 Å². The van der Waals surface area contributed by atoms with Crippen LogP contribution in [0.1, 0.15) is 46.1 Å². The second kappa shape index (κ2) is 7.31. The molecule has 0 saturated heterocycles. The topological polar surface area (TPSA) is 55.0 Å². The van der Waals surface area contributed by atoms with Crippen molar-refractivity contribution in [2.45, 2.75) is 53.1 Å². The highest BCUT2D eigenvalue weighted by molar-refractivity contribution is 5.46. The first-order valence-electron chi connectivity index (χ1n) is 6.91. The first-order chi connectivity index (χ1) is 8.63. The van der Waals surface area contributed by atoms with Gasteiger partial charge in [0, 0.05) is 24.7 Å². The lowest BCUT2D eigenvalue weighted by molar-refractivity contribution is 0.500. The Bertz CT molecular complexity index is 347. The number of nitrogens with two attached hydrogens (primary N) is 1. The minimum absolute atomic E-state index is 0.509. The summed E-state index contributed by atoms with van der Waals surface area (Å²) in [6, 6.07) is 2.48. The molecule has 1 aromatic rings. The zero-order valence-electron chi connectivity index (χ0n) is 12.1. The molecule has 1 rings (SSSR count). The zero-order valence-corrected chi connectivity index (χ0v) is 12.1. The molecule has 102 valence electrons. The van der Waals surface area contributed by atoms with E-state index >= 15 is 0 Å². The summed E-state index contributed by atoms with van der Waals surface area (Å²) in [5.74, 6) is 1.56. The SMILES string of the molecule is CCC(CC)N(CC(C)C)c1nnccc1CN. The van der Waals surface area contributed by atoms with E-state index in [1.54, 1.807) is 6.20 Å². The van der Waals surface area contributed by atoms with Crippen LogP contribution in [0.5, 0.6) is 0 Å². The van der Waals surface area contributed by atoms with Gasteiger partial charge in [0.2, 0.25) is 0 Å². The predicted molar refractivity (Wildman–Crippen MR) is 76.5 cm³/mol. The summed E-state index contributed by atoms with van der Waals surface area (Å²) in [6.45, 7) is 10.4. The van der Waals surface area contributed by atoms with Gasteiger partial charge in [-0.1, -0.05) is 27.7 Å². The van der Waals surface area contributed by atoms with Gasteiger partial charge >= 0.3 is 0 Å². The third-order valence-electron chi connectivity index (χ3n) is 3.22. The summed E-state index contributed by atoms with van der Waals surface area (Å²) >= 11 is 0. The number of hydrogen-bond donors (Lipinski definition) is 1. The summed E-state index contributed by atoms with van der Waals surface area (Å²) in [7, 11) is 0. The monoisotopic (exact) mass is 250 g/mol. The van der Waals surface area contributed by atoms with Crippen LogP contribution in [0.15, 0.2) is 12.3 Å². The second-order valence-corrected chi connectivity index (χ2v) is 5.10. The van der Waals surface area contributed by atoms with Crippen LogP contribution in [0, 0.1) is 5.92 Å². The van der Waals surface area contributed by atoms with Gasteiger partial charge in [-0.2, -0.15) is 5.10 Å². The highest BCUT2D eigenvalue weighted by Crippen LogP contribution is 2.22. The van der Waals surface area contributed by atoms with Gasteiger partial charge in [0.1, 0.15) is 0 Å². The highest BCUT2D eigenvalue weighted by Gasteiger charge is 2.20. The van der Waals surface area contributed by atoms with E-state index in [1.165, 1.54) is 0 Å². The Hall–Kier alpha value is -1.16. The average Bonchev–Trinajstić information content (AvgIpc) is 2.38. The predicted octanol–water partition coefficient (Wildman–Crippen LogP) is 2.59. The normalized spacial score (nSPS) is 11.3. The van der Waals surface area contributed by atoms with Crippen molar-refractivity contribution in [1.29, 1.82) is 0 Å². The van der Waals surface area contributed by atoms with Gasteiger partial charge in [0.05, 0.1) is 6.20 Å². The smallest absolute Gasteiger partial charge is 0.156 e. The van der Waals surface area contributed by atoms with Crippen LogP contribution in [-0.2, 0) is 6.54 Å². The van der Waals surface area contributed by atoms with Crippen molar-refractivity contribution < 1.29 is 0 Å². The van der Waals surface area contributed by atoms with E-state index in [9.17, 15) is 0 Å². The Kier molecular flexibility index (Phi) is 6.05. The fourth-order valence-electron chi connectivity index (χ4n) is 2.28. The van der Waals surface area contributed by atoms with E-state index in [-0.39, 0.29) is 0 Å². The third kappa shape index (κ3) is 3.67. The molecule has 1 heterocycles. The molecule has 0 unspecified atom stereocenters. The summed E-state index contributed by atoms with van der Waals surface area (Å²) < 4.78 is 0. The summed E-state index contributed by atoms with van der Waals surface area (Å²) in [5.41, 5.74) is 6.89. The molecule has 0 fully saturated rings. The molecule has 0 radical (unpaired) electrons. The molecule has 0 amide bonds. The third-order valence-corrected chi connectivity index (χ3v) is 3.22. The van der Waals surface area contributed by atoms with Crippen LogP contribution in [-0.4, -0.2) is 22.8 Å². The largest absolute Gasteiger partial charge is 0.352 e. The summed E-state index contributed by atoms with van der Waals surface area (Å²) in [4.78, 5) is 2.37. The van der Waals surface area contributed by atoms with E-state index in [2.05, 4.69) is 42.8 Å². The fourth-order valence-corrected chi connectivity index (χ4v) is 2.28. The summed E-state index contributed by atoms with van der Waals surface area (Å²) in [5, 5.41) is 8.34. The number of nitrogens with zero attached hydrogens (tertiary/aromatic N) is 3. The molecular weight excluding hydrogens is 224 g/mol. The first kappa shape index (κ1) is 14.9. The van der Waals surface area contributed by atoms with Gasteiger partial charge in [0.25, 0.3) is 0 Å². The van der Waals surface area contributed by atoms with Crippen molar-refractivity contribution >= 4 is 5.82 Å². The number of aromatic nitrogens is 2. The molecule has 0 aliphatic heterocycles. The van der Waals surface area contributed by atoms with Crippen molar-refractivity contribution in [1.82, 2.24) is 10.2 Å². The molecule has 0 spiro atoms. The zero-order chi connectivity index (χ0) is 13.5. The number of rotatable bonds is 7. The first-order valence-corrected chi connectivity index (χ1v) is 6.91. The molecule has 0 saturated carbocycles. The van der Waals surface area contributed by atoms with Crippen LogP contribution in [0.2, 0.25) is 0 Å². The van der Waals surface area contributed by atoms with Gasteiger partial charge in [-0.05, 0) is 24.8 Å². The van der Waals surface area contributed by atoms with Gasteiger partial charge in [0.15, 0.2) is 5.82 Å². The van der Waals surface area contributed by atoms with Crippen molar-refractivity contribution in [3.63, 3.8) is 0 Å². The number of hydrogen-bond acceptors (Lipinski definition) is 4. The maximum Gasteiger partial charge on any atom is 0.156 e. The molecule has 2 N–H and O–H groups in total. The molecule has 4 heteroatoms. The molecule has 1 aromatic heterocycles. The Morgan fingerprint density at radius 3 is 2.44 bits per heavy atom. The van der Waals surface area contributed by atoms with E-state index in [1.807, 2.05) is 6.07 Å². The van der Waals surface area contributed by atoms with Crippen LogP contribution >= 0.6 is 0 Å². The van der Waals surface area contributed by atoms with E-state index in [0.717, 1.165) is 30.8 Å².